The van der Waals surface area contributed by atoms with Crippen LogP contribution in [0.3, 0.4) is 0 Å². The van der Waals surface area contributed by atoms with Crippen molar-refractivity contribution in [1.82, 2.24) is 10.6 Å². The van der Waals surface area contributed by atoms with E-state index < -0.39 is 18.2 Å². The van der Waals surface area contributed by atoms with Gasteiger partial charge in [0.1, 0.15) is 36.6 Å². The smallest absolute Gasteiger partial charge is 0.302 e. The maximum Gasteiger partial charge on any atom is 0.302 e. The highest BCUT2D eigenvalue weighted by molar-refractivity contribution is 5.84. The summed E-state index contributed by atoms with van der Waals surface area (Å²) in [5, 5.41) is 34.2. The van der Waals surface area contributed by atoms with E-state index in [-0.39, 0.29) is 47.4 Å². The minimum absolute atomic E-state index is 0.0441. The summed E-state index contributed by atoms with van der Waals surface area (Å²) < 4.78 is 26.3. The highest BCUT2D eigenvalue weighted by Crippen LogP contribution is 2.64. The molecule has 2 saturated carbocycles. The molecule has 11 rings (SSSR count). The van der Waals surface area contributed by atoms with E-state index in [2.05, 4.69) is 95.4 Å². The van der Waals surface area contributed by atoms with Crippen molar-refractivity contribution < 1.29 is 34.0 Å². The molecule has 0 saturated heterocycles. The Morgan fingerprint density at radius 3 is 2.69 bits per heavy atom. The van der Waals surface area contributed by atoms with E-state index in [1.807, 2.05) is 6.07 Å². The number of phenolic OH excluding ortho intramolecular Hbond substituents is 2. The van der Waals surface area contributed by atoms with Crippen molar-refractivity contribution >= 4 is 17.7 Å². The number of para-hydroxylation sites is 1. The van der Waals surface area contributed by atoms with E-state index in [4.69, 9.17) is 24.7 Å². The molecule has 7 N–H and O–H groups in total. The van der Waals surface area contributed by atoms with Crippen molar-refractivity contribution in [3.8, 4) is 51.7 Å². The molecule has 7 atom stereocenters. The normalized spacial score (nSPS) is 26.0. The predicted molar refractivity (Wildman–Crippen MR) is 273 cm³/mol. The van der Waals surface area contributed by atoms with Crippen LogP contribution in [0.4, 0.5) is 5.69 Å². The molecule has 0 aromatic heterocycles. The number of aryl methyl sites for hydroxylation is 1. The SMILES string of the molecule is CCNc1ccccc1CC[C@@H]1C2=C(C#CCc3cc(O)c4c(c3[C@H]3Oc5c(ccc6c5[C@@]5(CC[C@H]1C5)Cc1cc(O)cc(OC)c1-6)[C@@H]3COC(C)=O)C=C[C@@H](NC1CCCCC1)CO4)NC(N)C=C2. The maximum atomic E-state index is 12.8. The molecular weight excluding hydrogens is 877 g/mol. The molecule has 11 heteroatoms. The summed E-state index contributed by atoms with van der Waals surface area (Å²) in [7, 11) is 1.66. The average molecular weight is 943 g/mol. The number of benzene rings is 4. The number of aromatic hydroxyl groups is 2. The van der Waals surface area contributed by atoms with Gasteiger partial charge in [-0.25, -0.2) is 0 Å². The summed E-state index contributed by atoms with van der Waals surface area (Å²) >= 11 is 0. The van der Waals surface area contributed by atoms with Crippen LogP contribution in [0.25, 0.3) is 17.2 Å². The zero-order chi connectivity index (χ0) is 48.1. The lowest BCUT2D eigenvalue weighted by Gasteiger charge is -2.40. The Labute approximate surface area is 411 Å². The van der Waals surface area contributed by atoms with Crippen molar-refractivity contribution in [2.45, 2.75) is 127 Å². The topological polar surface area (TPSA) is 157 Å². The van der Waals surface area contributed by atoms with Gasteiger partial charge in [0, 0.05) is 70.9 Å². The number of fused-ring (bicyclic) bond motifs is 8. The van der Waals surface area contributed by atoms with Crippen LogP contribution in [0.5, 0.6) is 28.7 Å². The predicted octanol–water partition coefficient (Wildman–Crippen LogP) is 9.78. The number of ether oxygens (including phenoxy) is 4. The van der Waals surface area contributed by atoms with E-state index in [1.54, 1.807) is 19.2 Å². The second kappa shape index (κ2) is 19.1. The van der Waals surface area contributed by atoms with Gasteiger partial charge in [-0.2, -0.15) is 0 Å². The minimum Gasteiger partial charge on any atom is -0.508 e. The fourth-order valence-electron chi connectivity index (χ4n) is 13.3. The zero-order valence-electron chi connectivity index (χ0n) is 40.7. The summed E-state index contributed by atoms with van der Waals surface area (Å²) in [6.07, 6.45) is 18.9. The molecule has 0 radical (unpaired) electrons. The largest absolute Gasteiger partial charge is 0.508 e. The maximum absolute atomic E-state index is 12.8. The average Bonchev–Trinajstić information content (AvgIpc) is 3.86. The van der Waals surface area contributed by atoms with Gasteiger partial charge in [0.25, 0.3) is 0 Å². The van der Waals surface area contributed by atoms with Crippen LogP contribution in [0.15, 0.2) is 84.1 Å². The minimum atomic E-state index is -0.630. The van der Waals surface area contributed by atoms with E-state index >= 15 is 0 Å². The molecule has 4 heterocycles. The quantitative estimate of drug-likeness (QED) is 0.0665. The number of phenols is 2. The molecule has 4 aliphatic heterocycles. The van der Waals surface area contributed by atoms with Crippen LogP contribution in [0, 0.1) is 23.7 Å². The lowest BCUT2D eigenvalue weighted by molar-refractivity contribution is -0.141. The number of hydrogen-bond donors (Lipinski definition) is 6. The summed E-state index contributed by atoms with van der Waals surface area (Å²) in [5.41, 5.74) is 18.3. The van der Waals surface area contributed by atoms with Gasteiger partial charge in [0.05, 0.1) is 30.9 Å². The summed E-state index contributed by atoms with van der Waals surface area (Å²) in [6.45, 7) is 4.87. The second-order valence-electron chi connectivity index (χ2n) is 20.7. The third-order valence-electron chi connectivity index (χ3n) is 16.3. The third-order valence-corrected chi connectivity index (χ3v) is 16.3. The first-order valence-corrected chi connectivity index (χ1v) is 25.7. The molecule has 7 aliphatic rings. The Morgan fingerprint density at radius 1 is 1.00 bits per heavy atom. The van der Waals surface area contributed by atoms with Crippen molar-refractivity contribution in [2.24, 2.45) is 17.6 Å². The van der Waals surface area contributed by atoms with Crippen molar-refractivity contribution in [1.29, 1.82) is 0 Å². The molecule has 1 unspecified atom stereocenters. The lowest BCUT2D eigenvalue weighted by atomic mass is 9.64. The van der Waals surface area contributed by atoms with Gasteiger partial charge in [0.15, 0.2) is 11.5 Å². The monoisotopic (exact) mass is 942 g/mol. The Bertz CT molecular complexity index is 2870. The van der Waals surface area contributed by atoms with Crippen LogP contribution in [0.2, 0.25) is 0 Å². The standard InChI is InChI=1S/C59H66N4O7/c1-4-61-48-15-9-8-11-35(48)17-19-42-37-25-26-59(30-37)31-38-27-41(65)29-51(67-3)53(38)45-22-21-44-47(33-68-34(2)64)57(70-58(44)55(45)59)54-36(12-10-16-49-43(42)23-24-52(60)63-49)28-50(66)56-46(54)20-18-40(32-69-56)62-39-13-6-5-7-14-39/h8-9,11,15,18,20-24,27-29,37,39-40,42,47,52,57,61-63,65-66H,4-7,12-14,17,19,25-26,30-33,60H2,1-3H3/t37-,40+,42-,47-,52?,57-,59+/m0/s1. The molecule has 70 heavy (non-hydrogen) atoms. The molecule has 4 bridgehead atoms. The lowest BCUT2D eigenvalue weighted by Crippen LogP contribution is -2.41. The van der Waals surface area contributed by atoms with Crippen molar-refractivity contribution in [3.05, 3.63) is 123 Å². The van der Waals surface area contributed by atoms with Gasteiger partial charge in [-0.3, -0.25) is 4.79 Å². The number of nitrogens with two attached hydrogens (primary N) is 1. The number of methoxy groups -OCH3 is 1. The van der Waals surface area contributed by atoms with Crippen molar-refractivity contribution in [2.75, 3.05) is 32.2 Å². The second-order valence-corrected chi connectivity index (χ2v) is 20.7. The van der Waals surface area contributed by atoms with E-state index in [0.29, 0.717) is 37.0 Å². The van der Waals surface area contributed by atoms with E-state index in [0.717, 1.165) is 119 Å². The number of allylic oxidation sites excluding steroid dienone is 3. The van der Waals surface area contributed by atoms with Gasteiger partial charge in [-0.15, -0.1) is 0 Å². The Hall–Kier alpha value is -6.35. The summed E-state index contributed by atoms with van der Waals surface area (Å²) in [6, 6.07) is 18.7. The van der Waals surface area contributed by atoms with Crippen LogP contribution < -0.4 is 35.9 Å². The van der Waals surface area contributed by atoms with Gasteiger partial charge in [-0.05, 0) is 128 Å². The van der Waals surface area contributed by atoms with E-state index in [1.165, 1.54) is 31.7 Å². The van der Waals surface area contributed by atoms with Gasteiger partial charge < -0.3 is 50.8 Å². The fraction of sp³-hybridized carbons (Fsp3) is 0.441. The molecule has 0 amide bonds. The Morgan fingerprint density at radius 2 is 1.86 bits per heavy atom. The van der Waals surface area contributed by atoms with Crippen LogP contribution in [0.1, 0.15) is 123 Å². The molecule has 4 aromatic carbocycles. The van der Waals surface area contributed by atoms with Gasteiger partial charge in [0.2, 0.25) is 0 Å². The molecule has 4 aromatic rings. The van der Waals surface area contributed by atoms with Crippen LogP contribution in [-0.2, 0) is 34.2 Å². The van der Waals surface area contributed by atoms with Crippen LogP contribution >= 0.6 is 0 Å². The molecule has 11 nitrogen and oxygen atoms in total. The fourth-order valence-corrected chi connectivity index (χ4v) is 13.3. The highest BCUT2D eigenvalue weighted by Gasteiger charge is 2.52. The first kappa shape index (κ1) is 46.1. The summed E-state index contributed by atoms with van der Waals surface area (Å²) in [4.78, 5) is 12.8. The number of carbonyl (C=O) groups is 1. The zero-order valence-corrected chi connectivity index (χ0v) is 40.7. The molecule has 2 fully saturated rings. The number of dihydropyridines is 1. The summed E-state index contributed by atoms with van der Waals surface area (Å²) in [5.74, 6) is 8.83. The first-order valence-electron chi connectivity index (χ1n) is 25.7. The van der Waals surface area contributed by atoms with Crippen molar-refractivity contribution in [3.63, 3.8) is 0 Å². The molecule has 3 aliphatic carbocycles. The highest BCUT2D eigenvalue weighted by atomic mass is 16.5. The first-order chi connectivity index (χ1) is 34.1. The molecule has 364 valence electrons. The third kappa shape index (κ3) is 8.47. The number of carbonyl (C=O) groups excluding carboxylic acids is 1. The number of esters is 1. The molecule has 1 spiro atoms. The number of rotatable bonds is 10. The van der Waals surface area contributed by atoms with Gasteiger partial charge in [-0.1, -0.05) is 73.7 Å². The number of hydrogen-bond acceptors (Lipinski definition) is 11. The Balaban J connectivity index is 1.13. The van der Waals surface area contributed by atoms with E-state index in [9.17, 15) is 15.0 Å². The number of nitrogens with one attached hydrogen (secondary N) is 3. The van der Waals surface area contributed by atoms with Crippen LogP contribution in [-0.4, -0.2) is 61.3 Å². The number of anilines is 1. The molecular formula is C59H66N4O7. The Kier molecular flexibility index (Phi) is 12.6. The van der Waals surface area contributed by atoms with Gasteiger partial charge >= 0.3 is 5.97 Å².